The van der Waals surface area contributed by atoms with Crippen molar-refractivity contribution in [2.45, 2.75) is 25.9 Å². The van der Waals surface area contributed by atoms with Crippen molar-refractivity contribution in [2.24, 2.45) is 0 Å². The van der Waals surface area contributed by atoms with Gasteiger partial charge in [-0.1, -0.05) is 11.6 Å². The molecule has 4 heteroatoms. The van der Waals surface area contributed by atoms with E-state index in [1.54, 1.807) is 7.11 Å². The summed E-state index contributed by atoms with van der Waals surface area (Å²) in [7, 11) is 1.65. The van der Waals surface area contributed by atoms with Crippen molar-refractivity contribution in [3.8, 4) is 5.75 Å². The number of nitrogens with zero attached hydrogens (tertiary/aromatic N) is 1. The lowest BCUT2D eigenvalue weighted by molar-refractivity contribution is 0.411. The lowest BCUT2D eigenvalue weighted by atomic mass is 10.1. The van der Waals surface area contributed by atoms with Crippen molar-refractivity contribution in [1.29, 1.82) is 0 Å². The van der Waals surface area contributed by atoms with E-state index in [-0.39, 0.29) is 0 Å². The monoisotopic (exact) mass is 254 g/mol. The summed E-state index contributed by atoms with van der Waals surface area (Å²) in [5.41, 5.74) is 1.17. The van der Waals surface area contributed by atoms with Crippen molar-refractivity contribution >= 4 is 17.3 Å². The molecular formula is C13H19ClN2O. The van der Waals surface area contributed by atoms with E-state index >= 15 is 0 Å². The molecule has 2 rings (SSSR count). The zero-order valence-corrected chi connectivity index (χ0v) is 11.3. The number of hydrogen-bond acceptors (Lipinski definition) is 3. The molecule has 0 radical (unpaired) electrons. The van der Waals surface area contributed by atoms with Gasteiger partial charge in [-0.2, -0.15) is 0 Å². The minimum atomic E-state index is 0.483. The van der Waals surface area contributed by atoms with Crippen LogP contribution in [0.5, 0.6) is 5.75 Å². The van der Waals surface area contributed by atoms with E-state index in [0.717, 1.165) is 18.8 Å². The summed E-state index contributed by atoms with van der Waals surface area (Å²) in [5.74, 6) is 0.738. The van der Waals surface area contributed by atoms with Crippen LogP contribution in [0.3, 0.4) is 0 Å². The molecular weight excluding hydrogens is 236 g/mol. The third kappa shape index (κ3) is 2.67. The van der Waals surface area contributed by atoms with Gasteiger partial charge in [0.25, 0.3) is 0 Å². The molecule has 0 aromatic heterocycles. The van der Waals surface area contributed by atoms with Gasteiger partial charge in [0, 0.05) is 36.9 Å². The molecule has 94 valence electrons. The van der Waals surface area contributed by atoms with Crippen LogP contribution in [0, 0.1) is 0 Å². The maximum Gasteiger partial charge on any atom is 0.139 e. The van der Waals surface area contributed by atoms with Gasteiger partial charge in [0.15, 0.2) is 0 Å². The third-order valence-corrected chi connectivity index (χ3v) is 3.54. The second-order valence-electron chi connectivity index (χ2n) is 4.63. The SMILES string of the molecule is COc1cc(N2CC(C)NC[C@H]2C)ccc1Cl. The number of ether oxygens (including phenoxy) is 1. The summed E-state index contributed by atoms with van der Waals surface area (Å²) in [6, 6.07) is 6.95. The molecule has 0 bridgehead atoms. The molecule has 0 spiro atoms. The normalized spacial score (nSPS) is 24.8. The number of anilines is 1. The Balaban J connectivity index is 2.26. The smallest absolute Gasteiger partial charge is 0.139 e. The lowest BCUT2D eigenvalue weighted by Gasteiger charge is -2.39. The summed E-state index contributed by atoms with van der Waals surface area (Å²) in [4.78, 5) is 2.39. The van der Waals surface area contributed by atoms with Crippen LogP contribution in [0.1, 0.15) is 13.8 Å². The van der Waals surface area contributed by atoms with Gasteiger partial charge in [-0.25, -0.2) is 0 Å². The van der Waals surface area contributed by atoms with Gasteiger partial charge in [0.1, 0.15) is 5.75 Å². The molecule has 0 aliphatic carbocycles. The fourth-order valence-corrected chi connectivity index (χ4v) is 2.40. The number of rotatable bonds is 2. The van der Waals surface area contributed by atoms with E-state index in [4.69, 9.17) is 16.3 Å². The van der Waals surface area contributed by atoms with Gasteiger partial charge in [-0.15, -0.1) is 0 Å². The molecule has 1 saturated heterocycles. The standard InChI is InChI=1S/C13H19ClN2O/c1-9-8-16(10(2)7-15-9)11-4-5-12(14)13(6-11)17-3/h4-6,9-10,15H,7-8H2,1-3H3/t9?,10-/m1/s1. The molecule has 0 amide bonds. The molecule has 1 unspecified atom stereocenters. The van der Waals surface area contributed by atoms with E-state index < -0.39 is 0 Å². The maximum absolute atomic E-state index is 6.04. The van der Waals surface area contributed by atoms with Crippen molar-refractivity contribution in [3.05, 3.63) is 23.2 Å². The van der Waals surface area contributed by atoms with Gasteiger partial charge in [-0.3, -0.25) is 0 Å². The molecule has 1 fully saturated rings. The van der Waals surface area contributed by atoms with Crippen LogP contribution < -0.4 is 15.0 Å². The van der Waals surface area contributed by atoms with Crippen molar-refractivity contribution in [3.63, 3.8) is 0 Å². The third-order valence-electron chi connectivity index (χ3n) is 3.23. The Kier molecular flexibility index (Phi) is 3.79. The molecule has 1 N–H and O–H groups in total. The van der Waals surface area contributed by atoms with Gasteiger partial charge in [-0.05, 0) is 26.0 Å². The second kappa shape index (κ2) is 5.15. The first kappa shape index (κ1) is 12.5. The van der Waals surface area contributed by atoms with E-state index in [2.05, 4.69) is 30.1 Å². The van der Waals surface area contributed by atoms with E-state index in [9.17, 15) is 0 Å². The van der Waals surface area contributed by atoms with E-state index in [1.165, 1.54) is 5.69 Å². The Labute approximate surface area is 108 Å². The highest BCUT2D eigenvalue weighted by molar-refractivity contribution is 6.32. The van der Waals surface area contributed by atoms with Gasteiger partial charge in [0.05, 0.1) is 12.1 Å². The zero-order valence-electron chi connectivity index (χ0n) is 10.5. The Morgan fingerprint density at radius 2 is 2.18 bits per heavy atom. The highest BCUT2D eigenvalue weighted by Gasteiger charge is 2.23. The Hall–Kier alpha value is -0.930. The van der Waals surface area contributed by atoms with Crippen LogP contribution in [0.4, 0.5) is 5.69 Å². The summed E-state index contributed by atoms with van der Waals surface area (Å²) in [6.07, 6.45) is 0. The quantitative estimate of drug-likeness (QED) is 0.878. The summed E-state index contributed by atoms with van der Waals surface area (Å²) >= 11 is 6.04. The van der Waals surface area contributed by atoms with Crippen molar-refractivity contribution in [1.82, 2.24) is 5.32 Å². The summed E-state index contributed by atoms with van der Waals surface area (Å²) in [6.45, 7) is 6.43. The highest BCUT2D eigenvalue weighted by Crippen LogP contribution is 2.30. The van der Waals surface area contributed by atoms with Crippen molar-refractivity contribution < 1.29 is 4.74 Å². The van der Waals surface area contributed by atoms with Gasteiger partial charge < -0.3 is 15.0 Å². The van der Waals surface area contributed by atoms with Gasteiger partial charge >= 0.3 is 0 Å². The average Bonchev–Trinajstić information content (AvgIpc) is 2.33. The first-order chi connectivity index (χ1) is 8.11. The molecule has 1 aromatic rings. The van der Waals surface area contributed by atoms with E-state index in [1.807, 2.05) is 12.1 Å². The first-order valence-corrected chi connectivity index (χ1v) is 6.33. The maximum atomic E-state index is 6.04. The lowest BCUT2D eigenvalue weighted by Crippen LogP contribution is -2.54. The predicted octanol–water partition coefficient (Wildman–Crippen LogP) is 2.54. The highest BCUT2D eigenvalue weighted by atomic mass is 35.5. The first-order valence-electron chi connectivity index (χ1n) is 5.95. The van der Waals surface area contributed by atoms with Gasteiger partial charge in [0.2, 0.25) is 0 Å². The molecule has 2 atom stereocenters. The van der Waals surface area contributed by atoms with Crippen LogP contribution in [-0.4, -0.2) is 32.3 Å². The fourth-order valence-electron chi connectivity index (χ4n) is 2.21. The fraction of sp³-hybridized carbons (Fsp3) is 0.538. The van der Waals surface area contributed by atoms with Crippen molar-refractivity contribution in [2.75, 3.05) is 25.1 Å². The number of methoxy groups -OCH3 is 1. The average molecular weight is 255 g/mol. The van der Waals surface area contributed by atoms with Crippen LogP contribution in [0.25, 0.3) is 0 Å². The number of benzene rings is 1. The number of hydrogen-bond donors (Lipinski definition) is 1. The van der Waals surface area contributed by atoms with Crippen LogP contribution in [-0.2, 0) is 0 Å². The minimum absolute atomic E-state index is 0.483. The second-order valence-corrected chi connectivity index (χ2v) is 5.04. The summed E-state index contributed by atoms with van der Waals surface area (Å²) in [5, 5.41) is 4.13. The number of halogens is 1. The molecule has 0 saturated carbocycles. The zero-order chi connectivity index (χ0) is 12.4. The Morgan fingerprint density at radius 1 is 1.41 bits per heavy atom. The van der Waals surface area contributed by atoms with E-state index in [0.29, 0.717) is 17.1 Å². The predicted molar refractivity (Wildman–Crippen MR) is 72.3 cm³/mol. The molecule has 3 nitrogen and oxygen atoms in total. The molecule has 1 aliphatic heterocycles. The number of piperazine rings is 1. The summed E-state index contributed by atoms with van der Waals surface area (Å²) < 4.78 is 5.26. The van der Waals surface area contributed by atoms with Crippen LogP contribution in [0.15, 0.2) is 18.2 Å². The topological polar surface area (TPSA) is 24.5 Å². The van der Waals surface area contributed by atoms with Crippen LogP contribution in [0.2, 0.25) is 5.02 Å². The number of nitrogens with one attached hydrogen (secondary N) is 1. The minimum Gasteiger partial charge on any atom is -0.495 e. The largest absolute Gasteiger partial charge is 0.495 e. The molecule has 17 heavy (non-hydrogen) atoms. The molecule has 1 aromatic carbocycles. The Bertz CT molecular complexity index is 397. The molecule has 1 aliphatic rings. The molecule has 1 heterocycles. The van der Waals surface area contributed by atoms with Crippen LogP contribution >= 0.6 is 11.6 Å². The Morgan fingerprint density at radius 3 is 2.88 bits per heavy atom.